The van der Waals surface area contributed by atoms with E-state index in [2.05, 4.69) is 4.98 Å². The summed E-state index contributed by atoms with van der Waals surface area (Å²) in [5.74, 6) is 0.365. The molecule has 2 aliphatic heterocycles. The molecule has 0 bridgehead atoms. The maximum atomic E-state index is 12.3. The van der Waals surface area contributed by atoms with Crippen LogP contribution in [0.15, 0.2) is 11.7 Å². The lowest BCUT2D eigenvalue weighted by molar-refractivity contribution is -0.129. The quantitative estimate of drug-likeness (QED) is 0.797. The van der Waals surface area contributed by atoms with Crippen LogP contribution < -0.4 is 0 Å². The lowest BCUT2D eigenvalue weighted by Gasteiger charge is -2.41. The van der Waals surface area contributed by atoms with Crippen LogP contribution in [0, 0.1) is 5.41 Å². The lowest BCUT2D eigenvalue weighted by atomic mass is 9.73. The van der Waals surface area contributed by atoms with Crippen molar-refractivity contribution in [3.63, 3.8) is 0 Å². The number of hydrogen-bond donors (Lipinski definition) is 0. The fourth-order valence-corrected chi connectivity index (χ4v) is 3.97. The average molecular weight is 307 g/mol. The first-order valence-corrected chi connectivity index (χ1v) is 8.39. The number of likely N-dealkylation sites (tertiary alicyclic amines) is 2. The summed E-state index contributed by atoms with van der Waals surface area (Å²) in [6.07, 6.45) is 6.36. The minimum atomic E-state index is 0.106. The van der Waals surface area contributed by atoms with E-state index in [-0.39, 0.29) is 17.2 Å². The maximum absolute atomic E-state index is 12.3. The van der Waals surface area contributed by atoms with Crippen LogP contribution in [0.4, 0.5) is 0 Å². The Kier molecular flexibility index (Phi) is 3.97. The van der Waals surface area contributed by atoms with Crippen LogP contribution >= 0.6 is 11.3 Å². The number of carbonyl (C=O) groups excluding carboxylic acids is 2. The van der Waals surface area contributed by atoms with Gasteiger partial charge in [-0.3, -0.25) is 14.6 Å². The van der Waals surface area contributed by atoms with Crippen molar-refractivity contribution < 1.29 is 9.59 Å². The molecule has 1 aromatic heterocycles. The van der Waals surface area contributed by atoms with Crippen LogP contribution in [0.1, 0.15) is 41.8 Å². The molecule has 6 heteroatoms. The maximum Gasteiger partial charge on any atom is 0.265 e. The number of rotatable bonds is 1. The van der Waals surface area contributed by atoms with Crippen LogP contribution in [0.25, 0.3) is 0 Å². The summed E-state index contributed by atoms with van der Waals surface area (Å²) in [5.41, 5.74) is 1.95. The monoisotopic (exact) mass is 307 g/mol. The summed E-state index contributed by atoms with van der Waals surface area (Å²) in [5, 5.41) is 0. The molecule has 2 fully saturated rings. The highest BCUT2D eigenvalue weighted by Crippen LogP contribution is 2.41. The molecule has 2 saturated heterocycles. The van der Waals surface area contributed by atoms with Crippen LogP contribution in [-0.2, 0) is 4.79 Å². The molecular weight excluding hydrogens is 286 g/mol. The van der Waals surface area contributed by atoms with Crippen molar-refractivity contribution in [1.29, 1.82) is 0 Å². The number of piperidine rings is 1. The molecule has 5 nitrogen and oxygen atoms in total. The van der Waals surface area contributed by atoms with E-state index < -0.39 is 0 Å². The second-order valence-electron chi connectivity index (χ2n) is 6.22. The van der Waals surface area contributed by atoms with E-state index >= 15 is 0 Å². The Morgan fingerprint density at radius 2 is 1.95 bits per heavy atom. The fourth-order valence-electron chi connectivity index (χ4n) is 3.38. The molecule has 2 aliphatic rings. The van der Waals surface area contributed by atoms with E-state index in [4.69, 9.17) is 0 Å². The van der Waals surface area contributed by atoms with Gasteiger partial charge in [0.05, 0.1) is 11.7 Å². The molecule has 1 aromatic rings. The summed E-state index contributed by atoms with van der Waals surface area (Å²) >= 11 is 1.40. The lowest BCUT2D eigenvalue weighted by Crippen LogP contribution is -2.43. The van der Waals surface area contributed by atoms with E-state index in [1.807, 2.05) is 16.8 Å². The summed E-state index contributed by atoms with van der Waals surface area (Å²) in [6, 6.07) is 0. The molecule has 0 aromatic carbocycles. The van der Waals surface area contributed by atoms with Crippen LogP contribution in [0.5, 0.6) is 0 Å². The van der Waals surface area contributed by atoms with Gasteiger partial charge in [-0.25, -0.2) is 0 Å². The predicted molar refractivity (Wildman–Crippen MR) is 81.2 cm³/mol. The van der Waals surface area contributed by atoms with Gasteiger partial charge in [0.1, 0.15) is 4.88 Å². The Balaban J connectivity index is 1.62. The van der Waals surface area contributed by atoms with Crippen molar-refractivity contribution in [2.24, 2.45) is 5.41 Å². The third kappa shape index (κ3) is 2.95. The van der Waals surface area contributed by atoms with E-state index in [0.29, 0.717) is 6.42 Å². The molecule has 0 N–H and O–H groups in total. The largest absolute Gasteiger partial charge is 0.346 e. The zero-order valence-corrected chi connectivity index (χ0v) is 13.2. The first kappa shape index (κ1) is 14.5. The van der Waals surface area contributed by atoms with Crippen LogP contribution in [0.3, 0.4) is 0 Å². The highest BCUT2D eigenvalue weighted by atomic mass is 32.1. The molecule has 3 heterocycles. The topological polar surface area (TPSA) is 53.5 Å². The standard InChI is InChI=1S/C15H21N3O2S/c1-17-7-4-15(3-2-13(17)19)5-8-18(9-6-15)14(20)12-10-16-11-21-12/h10-11H,2-9H2,1H3. The van der Waals surface area contributed by atoms with E-state index in [1.54, 1.807) is 11.7 Å². The van der Waals surface area contributed by atoms with E-state index in [1.165, 1.54) is 11.3 Å². The second-order valence-corrected chi connectivity index (χ2v) is 7.11. The molecule has 114 valence electrons. The Morgan fingerprint density at radius 1 is 1.24 bits per heavy atom. The van der Waals surface area contributed by atoms with Gasteiger partial charge in [0.25, 0.3) is 5.91 Å². The summed E-state index contributed by atoms with van der Waals surface area (Å²) in [7, 11) is 1.89. The van der Waals surface area contributed by atoms with Crippen molar-refractivity contribution in [3.8, 4) is 0 Å². The van der Waals surface area contributed by atoms with Gasteiger partial charge in [0, 0.05) is 33.1 Å². The smallest absolute Gasteiger partial charge is 0.265 e. The van der Waals surface area contributed by atoms with Crippen LogP contribution in [-0.4, -0.2) is 53.3 Å². The number of amides is 2. The van der Waals surface area contributed by atoms with Crippen molar-refractivity contribution in [2.45, 2.75) is 32.1 Å². The Hall–Kier alpha value is -1.43. The van der Waals surface area contributed by atoms with Gasteiger partial charge in [0.2, 0.25) is 5.91 Å². The first-order valence-electron chi connectivity index (χ1n) is 7.51. The van der Waals surface area contributed by atoms with Crippen molar-refractivity contribution in [1.82, 2.24) is 14.8 Å². The summed E-state index contributed by atoms with van der Waals surface area (Å²) < 4.78 is 0. The fraction of sp³-hybridized carbons (Fsp3) is 0.667. The molecule has 0 unspecified atom stereocenters. The van der Waals surface area contributed by atoms with Gasteiger partial charge >= 0.3 is 0 Å². The van der Waals surface area contributed by atoms with E-state index in [9.17, 15) is 9.59 Å². The van der Waals surface area contributed by atoms with Gasteiger partial charge in [-0.15, -0.1) is 11.3 Å². The Morgan fingerprint density at radius 3 is 2.62 bits per heavy atom. The summed E-state index contributed by atoms with van der Waals surface area (Å²) in [4.78, 5) is 32.7. The highest BCUT2D eigenvalue weighted by molar-refractivity contribution is 7.11. The molecule has 21 heavy (non-hydrogen) atoms. The molecule has 0 aliphatic carbocycles. The van der Waals surface area contributed by atoms with Gasteiger partial charge in [-0.1, -0.05) is 0 Å². The first-order chi connectivity index (χ1) is 10.1. The number of carbonyl (C=O) groups is 2. The molecule has 3 rings (SSSR count). The molecular formula is C15H21N3O2S. The highest BCUT2D eigenvalue weighted by Gasteiger charge is 2.38. The zero-order valence-electron chi connectivity index (χ0n) is 12.4. The third-order valence-electron chi connectivity index (χ3n) is 5.03. The second kappa shape index (κ2) is 5.75. The molecule has 0 atom stereocenters. The van der Waals surface area contributed by atoms with Gasteiger partial charge in [-0.2, -0.15) is 0 Å². The molecule has 0 radical (unpaired) electrons. The third-order valence-corrected chi connectivity index (χ3v) is 5.79. The number of nitrogens with zero attached hydrogens (tertiary/aromatic N) is 3. The van der Waals surface area contributed by atoms with Gasteiger partial charge in [-0.05, 0) is 31.1 Å². The molecule has 2 amide bonds. The summed E-state index contributed by atoms with van der Waals surface area (Å²) in [6.45, 7) is 2.45. The molecule has 0 saturated carbocycles. The van der Waals surface area contributed by atoms with Gasteiger partial charge < -0.3 is 9.80 Å². The van der Waals surface area contributed by atoms with Crippen molar-refractivity contribution in [2.75, 3.05) is 26.7 Å². The average Bonchev–Trinajstić information content (AvgIpc) is 3.00. The van der Waals surface area contributed by atoms with Gasteiger partial charge in [0.15, 0.2) is 0 Å². The minimum absolute atomic E-state index is 0.106. The van der Waals surface area contributed by atoms with Crippen LogP contribution in [0.2, 0.25) is 0 Å². The number of aromatic nitrogens is 1. The number of hydrogen-bond acceptors (Lipinski definition) is 4. The SMILES string of the molecule is CN1CCC2(CCC1=O)CCN(C(=O)c1cncs1)CC2. The van der Waals surface area contributed by atoms with E-state index in [0.717, 1.165) is 50.2 Å². The van der Waals surface area contributed by atoms with Crippen molar-refractivity contribution >= 4 is 23.2 Å². The minimum Gasteiger partial charge on any atom is -0.346 e. The normalized spacial score (nSPS) is 22.4. The van der Waals surface area contributed by atoms with Crippen molar-refractivity contribution in [3.05, 3.63) is 16.6 Å². The molecule has 1 spiro atoms. The number of thiazole rings is 1. The Labute approximate surface area is 129 Å². The predicted octanol–water partition coefficient (Wildman–Crippen LogP) is 2.01. The zero-order chi connectivity index (χ0) is 14.9. The Bertz CT molecular complexity index is 521.